The predicted molar refractivity (Wildman–Crippen MR) is 48.6 cm³/mol. The van der Waals surface area contributed by atoms with E-state index in [2.05, 4.69) is 22.0 Å². The minimum atomic E-state index is -0.535. The standard InChI is InChI=1S/C8H7BrClO/c1-5(11)7-3-2-6(9)4-8(7)10/h3-5,11H,1H3/t5-/m0/s1. The van der Waals surface area contributed by atoms with Gasteiger partial charge in [0.1, 0.15) is 0 Å². The lowest BCUT2D eigenvalue weighted by Gasteiger charge is -2.06. The van der Waals surface area contributed by atoms with Gasteiger partial charge in [0.15, 0.2) is 0 Å². The average Bonchev–Trinajstić information content (AvgIpc) is 1.85. The molecule has 0 aromatic heterocycles. The number of rotatable bonds is 1. The Hall–Kier alpha value is -0.0500. The van der Waals surface area contributed by atoms with Gasteiger partial charge in [0.25, 0.3) is 0 Å². The van der Waals surface area contributed by atoms with Gasteiger partial charge in [0, 0.05) is 9.50 Å². The molecule has 0 heterocycles. The highest BCUT2D eigenvalue weighted by molar-refractivity contribution is 9.10. The van der Waals surface area contributed by atoms with Crippen molar-refractivity contribution in [2.45, 2.75) is 13.0 Å². The minimum absolute atomic E-state index is 0.535. The van der Waals surface area contributed by atoms with Crippen LogP contribution in [0.2, 0.25) is 5.02 Å². The smallest absolute Gasteiger partial charge is 0.0776 e. The highest BCUT2D eigenvalue weighted by Gasteiger charge is 2.05. The second-order valence-electron chi connectivity index (χ2n) is 2.26. The van der Waals surface area contributed by atoms with Crippen LogP contribution >= 0.6 is 27.5 Å². The third-order valence-electron chi connectivity index (χ3n) is 1.34. The van der Waals surface area contributed by atoms with E-state index in [-0.39, 0.29) is 0 Å². The monoisotopic (exact) mass is 233 g/mol. The quantitative estimate of drug-likeness (QED) is 0.792. The maximum Gasteiger partial charge on any atom is 0.0776 e. The van der Waals surface area contributed by atoms with Crippen LogP contribution in [0.3, 0.4) is 0 Å². The molecule has 0 unspecified atom stereocenters. The summed E-state index contributed by atoms with van der Waals surface area (Å²) in [5.74, 6) is 0. The van der Waals surface area contributed by atoms with Crippen molar-refractivity contribution in [2.75, 3.05) is 0 Å². The molecule has 11 heavy (non-hydrogen) atoms. The molecule has 1 atom stereocenters. The fourth-order valence-electron chi connectivity index (χ4n) is 0.772. The Morgan fingerprint density at radius 1 is 1.73 bits per heavy atom. The second kappa shape index (κ2) is 3.57. The fourth-order valence-corrected chi connectivity index (χ4v) is 1.57. The Balaban J connectivity index is 3.09. The Morgan fingerprint density at radius 3 is 2.82 bits per heavy atom. The van der Waals surface area contributed by atoms with Crippen LogP contribution in [0.15, 0.2) is 16.6 Å². The van der Waals surface area contributed by atoms with Gasteiger partial charge in [-0.25, -0.2) is 0 Å². The Kier molecular flexibility index (Phi) is 2.93. The van der Waals surface area contributed by atoms with Gasteiger partial charge in [-0.05, 0) is 30.7 Å². The van der Waals surface area contributed by atoms with E-state index in [1.54, 1.807) is 19.1 Å². The molecular formula is C8H7BrClO. The van der Waals surface area contributed by atoms with Gasteiger partial charge >= 0.3 is 0 Å². The van der Waals surface area contributed by atoms with Crippen molar-refractivity contribution in [2.24, 2.45) is 0 Å². The predicted octanol–water partition coefficient (Wildman–Crippen LogP) is 2.96. The van der Waals surface area contributed by atoms with Crippen LogP contribution in [0.5, 0.6) is 0 Å². The van der Waals surface area contributed by atoms with E-state index in [0.29, 0.717) is 10.6 Å². The summed E-state index contributed by atoms with van der Waals surface area (Å²) >= 11 is 9.04. The molecule has 0 aliphatic heterocycles. The lowest BCUT2D eigenvalue weighted by Crippen LogP contribution is -1.91. The van der Waals surface area contributed by atoms with Crippen LogP contribution in [0.25, 0.3) is 0 Å². The van der Waals surface area contributed by atoms with E-state index in [0.717, 1.165) is 4.47 Å². The summed E-state index contributed by atoms with van der Waals surface area (Å²) in [5, 5.41) is 9.74. The summed E-state index contributed by atoms with van der Waals surface area (Å²) in [7, 11) is 0. The van der Waals surface area contributed by atoms with Crippen LogP contribution in [-0.4, -0.2) is 5.11 Å². The molecule has 1 rings (SSSR count). The number of benzene rings is 1. The number of hydrogen-bond donors (Lipinski definition) is 1. The SMILES string of the molecule is C[C@H](O)c1c[c]c(Br)cc1Cl. The first kappa shape index (κ1) is 9.04. The number of halogens is 2. The molecule has 1 aromatic carbocycles. The van der Waals surface area contributed by atoms with Gasteiger partial charge < -0.3 is 5.11 Å². The number of aliphatic hydroxyl groups is 1. The molecule has 59 valence electrons. The van der Waals surface area contributed by atoms with Gasteiger partial charge in [0.05, 0.1) is 6.10 Å². The zero-order valence-corrected chi connectivity index (χ0v) is 8.28. The minimum Gasteiger partial charge on any atom is -0.389 e. The van der Waals surface area contributed by atoms with Crippen molar-refractivity contribution in [1.82, 2.24) is 0 Å². The Morgan fingerprint density at radius 2 is 2.36 bits per heavy atom. The molecular weight excluding hydrogens is 227 g/mol. The Bertz CT molecular complexity index is 260. The van der Waals surface area contributed by atoms with Crippen LogP contribution in [0, 0.1) is 6.07 Å². The summed E-state index contributed by atoms with van der Waals surface area (Å²) in [4.78, 5) is 0. The average molecular weight is 234 g/mol. The van der Waals surface area contributed by atoms with Crippen molar-refractivity contribution < 1.29 is 5.11 Å². The zero-order valence-electron chi connectivity index (χ0n) is 5.94. The molecule has 3 heteroatoms. The molecule has 0 aliphatic carbocycles. The molecule has 0 spiro atoms. The maximum absolute atomic E-state index is 9.18. The van der Waals surface area contributed by atoms with E-state index in [1.165, 1.54) is 0 Å². The zero-order chi connectivity index (χ0) is 8.43. The number of aliphatic hydroxyl groups excluding tert-OH is 1. The molecule has 1 nitrogen and oxygen atoms in total. The summed E-state index contributed by atoms with van der Waals surface area (Å²) in [6, 6.07) is 6.28. The van der Waals surface area contributed by atoms with Crippen molar-refractivity contribution >= 4 is 27.5 Å². The third-order valence-corrected chi connectivity index (χ3v) is 2.13. The van der Waals surface area contributed by atoms with Crippen LogP contribution in [-0.2, 0) is 0 Å². The summed E-state index contributed by atoms with van der Waals surface area (Å²) < 4.78 is 0.798. The molecule has 0 fully saturated rings. The molecule has 0 saturated carbocycles. The maximum atomic E-state index is 9.18. The van der Waals surface area contributed by atoms with E-state index in [9.17, 15) is 5.11 Å². The van der Waals surface area contributed by atoms with Crippen molar-refractivity contribution in [1.29, 1.82) is 0 Å². The first-order valence-electron chi connectivity index (χ1n) is 3.16. The molecule has 0 aliphatic rings. The highest BCUT2D eigenvalue weighted by Crippen LogP contribution is 2.25. The normalized spacial score (nSPS) is 13.1. The van der Waals surface area contributed by atoms with Crippen LogP contribution in [0.4, 0.5) is 0 Å². The Labute approximate surface area is 79.1 Å². The largest absolute Gasteiger partial charge is 0.389 e. The summed E-state index contributed by atoms with van der Waals surface area (Å²) in [6.07, 6.45) is -0.535. The lowest BCUT2D eigenvalue weighted by molar-refractivity contribution is 0.199. The summed E-state index contributed by atoms with van der Waals surface area (Å²) in [6.45, 7) is 1.67. The van der Waals surface area contributed by atoms with E-state index < -0.39 is 6.10 Å². The first-order chi connectivity index (χ1) is 5.11. The fraction of sp³-hybridized carbons (Fsp3) is 0.250. The van der Waals surface area contributed by atoms with E-state index in [4.69, 9.17) is 11.6 Å². The van der Waals surface area contributed by atoms with Crippen molar-refractivity contribution in [3.63, 3.8) is 0 Å². The molecule has 0 amide bonds. The molecule has 1 aromatic rings. The van der Waals surface area contributed by atoms with Crippen molar-refractivity contribution in [3.8, 4) is 0 Å². The third kappa shape index (κ3) is 2.19. The summed E-state index contributed by atoms with van der Waals surface area (Å²) in [5.41, 5.74) is 0.704. The van der Waals surface area contributed by atoms with E-state index in [1.807, 2.05) is 0 Å². The molecule has 0 bridgehead atoms. The van der Waals surface area contributed by atoms with Gasteiger partial charge in [-0.2, -0.15) is 0 Å². The topological polar surface area (TPSA) is 20.2 Å². The van der Waals surface area contributed by atoms with Gasteiger partial charge in [-0.15, -0.1) is 0 Å². The second-order valence-corrected chi connectivity index (χ2v) is 3.52. The van der Waals surface area contributed by atoms with Crippen LogP contribution < -0.4 is 0 Å². The molecule has 1 N–H and O–H groups in total. The highest BCUT2D eigenvalue weighted by atomic mass is 79.9. The van der Waals surface area contributed by atoms with Gasteiger partial charge in [0.2, 0.25) is 0 Å². The molecule has 1 radical (unpaired) electrons. The van der Waals surface area contributed by atoms with E-state index >= 15 is 0 Å². The van der Waals surface area contributed by atoms with Crippen molar-refractivity contribution in [3.05, 3.63) is 33.3 Å². The lowest BCUT2D eigenvalue weighted by atomic mass is 10.1. The van der Waals surface area contributed by atoms with Gasteiger partial charge in [-0.1, -0.05) is 27.5 Å². The first-order valence-corrected chi connectivity index (χ1v) is 4.33. The number of hydrogen-bond acceptors (Lipinski definition) is 1. The molecule has 0 saturated heterocycles. The van der Waals surface area contributed by atoms with Crippen LogP contribution in [0.1, 0.15) is 18.6 Å². The van der Waals surface area contributed by atoms with Gasteiger partial charge in [-0.3, -0.25) is 0 Å².